The summed E-state index contributed by atoms with van der Waals surface area (Å²) in [5, 5.41) is 25.3. The molecule has 2 saturated heterocycles. The van der Waals surface area contributed by atoms with Crippen molar-refractivity contribution < 1.29 is 38.7 Å². The van der Waals surface area contributed by atoms with E-state index in [1.807, 2.05) is 25.1 Å². The number of aliphatic hydroxyl groups excluding tert-OH is 1. The van der Waals surface area contributed by atoms with E-state index in [0.29, 0.717) is 17.9 Å². The number of fused-ring (bicyclic) bond motifs is 6. The number of allylic oxidation sites excluding steroid dienone is 3. The topological polar surface area (TPSA) is 127 Å². The molecule has 4 aliphatic rings. The lowest BCUT2D eigenvalue weighted by molar-refractivity contribution is -0.327. The summed E-state index contributed by atoms with van der Waals surface area (Å²) < 4.78 is 22.7. The first kappa shape index (κ1) is 29.4. The van der Waals surface area contributed by atoms with Gasteiger partial charge in [0.15, 0.2) is 5.72 Å². The molecule has 4 aliphatic heterocycles. The van der Waals surface area contributed by atoms with Crippen LogP contribution in [0, 0.1) is 0 Å². The van der Waals surface area contributed by atoms with E-state index in [2.05, 4.69) is 5.32 Å². The van der Waals surface area contributed by atoms with Crippen molar-refractivity contribution in [3.8, 4) is 5.75 Å². The number of nitrogens with zero attached hydrogens (tertiary/aromatic N) is 1. The molecule has 4 heterocycles. The quantitative estimate of drug-likeness (QED) is 0.499. The SMILES string of the molecule is COc1cc2cc(c1Cl)N(C)C(=O)CC(O)C1(C)CC(C)(O1)C1CC(O)(NC(=O)O1)C(OC)/C=C/C=C(\C)C2. The van der Waals surface area contributed by atoms with Crippen molar-refractivity contribution in [2.45, 2.75) is 81.7 Å². The minimum absolute atomic E-state index is 0.0151. The Morgan fingerprint density at radius 3 is 2.54 bits per heavy atom. The highest BCUT2D eigenvalue weighted by molar-refractivity contribution is 6.35. The summed E-state index contributed by atoms with van der Waals surface area (Å²) in [5.74, 6) is 0.0640. The Morgan fingerprint density at radius 1 is 1.21 bits per heavy atom. The summed E-state index contributed by atoms with van der Waals surface area (Å²) >= 11 is 6.58. The lowest BCUT2D eigenvalue weighted by atomic mass is 9.72. The number of rotatable bonds is 2. The summed E-state index contributed by atoms with van der Waals surface area (Å²) in [4.78, 5) is 27.2. The number of hydrogen-bond donors (Lipinski definition) is 3. The molecule has 10 nitrogen and oxygen atoms in total. The van der Waals surface area contributed by atoms with Crippen LogP contribution in [0.5, 0.6) is 5.75 Å². The van der Waals surface area contributed by atoms with Crippen molar-refractivity contribution >= 4 is 29.3 Å². The third-order valence-corrected chi connectivity index (χ3v) is 8.28. The maximum absolute atomic E-state index is 13.3. The Kier molecular flexibility index (Phi) is 8.08. The van der Waals surface area contributed by atoms with E-state index >= 15 is 0 Å². The predicted molar refractivity (Wildman–Crippen MR) is 145 cm³/mol. The van der Waals surface area contributed by atoms with Gasteiger partial charge < -0.3 is 34.1 Å². The predicted octanol–water partition coefficient (Wildman–Crippen LogP) is 3.26. The van der Waals surface area contributed by atoms with Crippen LogP contribution in [0.2, 0.25) is 5.02 Å². The standard InChI is InChI=1S/C28H37ClN2O8/c1-16-8-7-9-21(37-6)28(35)14-22(38-25(34)30-28)27(3)15-26(2,39-27)20(32)13-23(33)31(4)18-11-17(10-16)12-19(36-5)24(18)29/h7-9,11-12,20-22,32,35H,10,13-15H2,1-6H3,(H,30,34)/b9-7+,16-8+. The molecule has 5 rings (SSSR count). The normalized spacial score (nSPS) is 37.6. The lowest BCUT2D eigenvalue weighted by Crippen LogP contribution is -2.72. The van der Waals surface area contributed by atoms with Crippen molar-refractivity contribution in [1.29, 1.82) is 0 Å². The summed E-state index contributed by atoms with van der Waals surface area (Å²) in [7, 11) is 4.55. The third kappa shape index (κ3) is 5.67. The van der Waals surface area contributed by atoms with Crippen molar-refractivity contribution in [2.24, 2.45) is 0 Å². The van der Waals surface area contributed by atoms with E-state index in [-0.39, 0.29) is 30.2 Å². The molecule has 6 bridgehead atoms. The maximum Gasteiger partial charge on any atom is 0.409 e. The Morgan fingerprint density at radius 2 is 1.90 bits per heavy atom. The molecule has 2 fully saturated rings. The van der Waals surface area contributed by atoms with Crippen LogP contribution in [0.4, 0.5) is 10.5 Å². The van der Waals surface area contributed by atoms with Gasteiger partial charge in [-0.2, -0.15) is 0 Å². The van der Waals surface area contributed by atoms with E-state index in [9.17, 15) is 19.8 Å². The second-order valence-corrected chi connectivity index (χ2v) is 11.5. The molecule has 3 N–H and O–H groups in total. The van der Waals surface area contributed by atoms with Gasteiger partial charge in [-0.25, -0.2) is 4.79 Å². The lowest BCUT2D eigenvalue weighted by Gasteiger charge is -2.59. The van der Waals surface area contributed by atoms with Crippen LogP contribution in [0.3, 0.4) is 0 Å². The monoisotopic (exact) mass is 564 g/mol. The first-order valence-electron chi connectivity index (χ1n) is 12.8. The van der Waals surface area contributed by atoms with Gasteiger partial charge in [0.25, 0.3) is 0 Å². The number of carbonyl (C=O) groups excluding carboxylic acids is 2. The molecule has 2 amide bonds. The molecule has 1 aromatic rings. The zero-order valence-corrected chi connectivity index (χ0v) is 23.9. The van der Waals surface area contributed by atoms with Gasteiger partial charge in [0, 0.05) is 27.0 Å². The summed E-state index contributed by atoms with van der Waals surface area (Å²) in [6.07, 6.45) is 2.20. The van der Waals surface area contributed by atoms with Crippen LogP contribution >= 0.6 is 11.6 Å². The van der Waals surface area contributed by atoms with Gasteiger partial charge >= 0.3 is 6.09 Å². The van der Waals surface area contributed by atoms with Crippen LogP contribution < -0.4 is 15.0 Å². The molecule has 0 spiro atoms. The number of benzene rings is 1. The maximum atomic E-state index is 13.3. The zero-order valence-electron chi connectivity index (χ0n) is 23.1. The molecule has 214 valence electrons. The van der Waals surface area contributed by atoms with Gasteiger partial charge in [0.1, 0.15) is 28.6 Å². The molecule has 0 radical (unpaired) electrons. The fourth-order valence-electron chi connectivity index (χ4n) is 5.75. The molecule has 6 atom stereocenters. The second kappa shape index (κ2) is 10.7. The number of aliphatic hydroxyl groups is 2. The van der Waals surface area contributed by atoms with E-state index in [4.69, 9.17) is 30.5 Å². The molecule has 39 heavy (non-hydrogen) atoms. The number of hydrogen-bond acceptors (Lipinski definition) is 8. The first-order valence-corrected chi connectivity index (χ1v) is 13.2. The van der Waals surface area contributed by atoms with Crippen molar-refractivity contribution in [3.63, 3.8) is 0 Å². The van der Waals surface area contributed by atoms with Crippen molar-refractivity contribution in [2.75, 3.05) is 26.2 Å². The van der Waals surface area contributed by atoms with Gasteiger partial charge in [0.2, 0.25) is 5.91 Å². The Hall–Kier alpha value is -2.63. The van der Waals surface area contributed by atoms with Gasteiger partial charge in [0.05, 0.1) is 30.9 Å². The van der Waals surface area contributed by atoms with Gasteiger partial charge in [-0.15, -0.1) is 0 Å². The smallest absolute Gasteiger partial charge is 0.409 e. The number of halogens is 1. The number of anilines is 1. The van der Waals surface area contributed by atoms with E-state index in [0.717, 1.165) is 11.1 Å². The van der Waals surface area contributed by atoms with E-state index in [1.54, 1.807) is 33.0 Å². The van der Waals surface area contributed by atoms with Crippen LogP contribution in [0.15, 0.2) is 35.9 Å². The summed E-state index contributed by atoms with van der Waals surface area (Å²) in [6, 6.07) is 3.63. The fourth-order valence-corrected chi connectivity index (χ4v) is 6.06. The van der Waals surface area contributed by atoms with Crippen LogP contribution in [-0.2, 0) is 25.4 Å². The van der Waals surface area contributed by atoms with Crippen LogP contribution in [-0.4, -0.2) is 78.7 Å². The molecule has 6 unspecified atom stereocenters. The molecule has 0 saturated carbocycles. The first-order chi connectivity index (χ1) is 18.2. The zero-order chi connectivity index (χ0) is 28.8. The largest absolute Gasteiger partial charge is 0.495 e. The molecular weight excluding hydrogens is 528 g/mol. The highest BCUT2D eigenvalue weighted by atomic mass is 35.5. The van der Waals surface area contributed by atoms with Crippen molar-refractivity contribution in [1.82, 2.24) is 5.32 Å². The minimum atomic E-state index is -1.76. The summed E-state index contributed by atoms with van der Waals surface area (Å²) in [5.41, 5.74) is -1.55. The number of carbonyl (C=O) groups is 2. The highest BCUT2D eigenvalue weighted by Crippen LogP contribution is 2.49. The van der Waals surface area contributed by atoms with Gasteiger partial charge in [-0.3, -0.25) is 10.1 Å². The minimum Gasteiger partial charge on any atom is -0.495 e. The summed E-state index contributed by atoms with van der Waals surface area (Å²) in [6.45, 7) is 5.40. The number of methoxy groups -OCH3 is 2. The average molecular weight is 565 g/mol. The second-order valence-electron chi connectivity index (χ2n) is 11.1. The third-order valence-electron chi connectivity index (χ3n) is 7.90. The molecule has 1 aromatic carbocycles. The highest BCUT2D eigenvalue weighted by Gasteiger charge is 2.62. The number of amides is 2. The molecular formula is C28H37ClN2O8. The number of ether oxygens (including phenoxy) is 4. The fraction of sp³-hybridized carbons (Fsp3) is 0.571. The Labute approximate surface area is 233 Å². The van der Waals surface area contributed by atoms with Crippen molar-refractivity contribution in [3.05, 3.63) is 46.5 Å². The van der Waals surface area contributed by atoms with E-state index in [1.165, 1.54) is 19.1 Å². The molecule has 0 aliphatic carbocycles. The number of alkyl carbamates (subject to hydrolysis) is 1. The Balaban J connectivity index is 1.75. The van der Waals surface area contributed by atoms with E-state index < -0.39 is 41.3 Å². The molecule has 0 aromatic heterocycles. The van der Waals surface area contributed by atoms with Crippen LogP contribution in [0.25, 0.3) is 0 Å². The van der Waals surface area contributed by atoms with Gasteiger partial charge in [-0.1, -0.05) is 35.4 Å². The molecule has 11 heteroatoms. The Bertz CT molecular complexity index is 1190. The van der Waals surface area contributed by atoms with Gasteiger partial charge in [-0.05, 0) is 44.9 Å². The van der Waals surface area contributed by atoms with Crippen LogP contribution in [0.1, 0.15) is 45.6 Å². The average Bonchev–Trinajstić information content (AvgIpc) is 2.84. The number of nitrogens with one attached hydrogen (secondary N) is 1.